The molecular formula is C16H22N2O2. The number of carbonyl (C=O) groups is 1. The van der Waals surface area contributed by atoms with Crippen LogP contribution >= 0.6 is 0 Å². The van der Waals surface area contributed by atoms with Crippen LogP contribution in [0.2, 0.25) is 0 Å². The molecule has 2 fully saturated rings. The monoisotopic (exact) mass is 274 g/mol. The fourth-order valence-corrected chi connectivity index (χ4v) is 3.14. The molecular weight excluding hydrogens is 252 g/mol. The van der Waals surface area contributed by atoms with E-state index in [1.54, 1.807) is 0 Å². The fraction of sp³-hybridized carbons (Fsp3) is 0.562. The molecule has 1 aromatic carbocycles. The molecule has 2 saturated heterocycles. The van der Waals surface area contributed by atoms with Crippen LogP contribution in [-0.2, 0) is 4.74 Å². The van der Waals surface area contributed by atoms with Crippen LogP contribution in [0.4, 0.5) is 4.79 Å². The van der Waals surface area contributed by atoms with Gasteiger partial charge in [-0.3, -0.25) is 0 Å². The largest absolute Gasteiger partial charge is 0.441 e. The molecule has 0 spiro atoms. The van der Waals surface area contributed by atoms with Crippen LogP contribution in [0, 0.1) is 0 Å². The molecule has 4 nitrogen and oxygen atoms in total. The van der Waals surface area contributed by atoms with Gasteiger partial charge in [0.1, 0.15) is 6.10 Å². The van der Waals surface area contributed by atoms with Gasteiger partial charge in [0.2, 0.25) is 0 Å². The van der Waals surface area contributed by atoms with Crippen molar-refractivity contribution in [3.05, 3.63) is 35.9 Å². The summed E-state index contributed by atoms with van der Waals surface area (Å²) in [4.78, 5) is 16.5. The average Bonchev–Trinajstić information content (AvgIpc) is 2.49. The van der Waals surface area contributed by atoms with Crippen LogP contribution in [0.5, 0.6) is 0 Å². The highest BCUT2D eigenvalue weighted by molar-refractivity contribution is 5.69. The Morgan fingerprint density at radius 2 is 1.75 bits per heavy atom. The summed E-state index contributed by atoms with van der Waals surface area (Å²) in [5.41, 5.74) is 1.10. The van der Waals surface area contributed by atoms with Crippen molar-refractivity contribution in [1.29, 1.82) is 0 Å². The topological polar surface area (TPSA) is 32.8 Å². The van der Waals surface area contributed by atoms with E-state index in [2.05, 4.69) is 11.9 Å². The van der Waals surface area contributed by atoms with Crippen LogP contribution in [0.15, 0.2) is 30.3 Å². The Morgan fingerprint density at radius 1 is 1.05 bits per heavy atom. The first-order valence-corrected chi connectivity index (χ1v) is 7.45. The molecule has 1 amide bonds. The number of hydrogen-bond donors (Lipinski definition) is 0. The van der Waals surface area contributed by atoms with E-state index < -0.39 is 0 Å². The van der Waals surface area contributed by atoms with Gasteiger partial charge in [-0.25, -0.2) is 4.79 Å². The number of amides is 1. The van der Waals surface area contributed by atoms with Crippen molar-refractivity contribution in [3.63, 3.8) is 0 Å². The number of ether oxygens (including phenoxy) is 1. The van der Waals surface area contributed by atoms with Gasteiger partial charge in [-0.2, -0.15) is 0 Å². The Balaban J connectivity index is 1.61. The number of carbonyl (C=O) groups excluding carboxylic acids is 1. The quantitative estimate of drug-likeness (QED) is 0.831. The molecule has 0 aliphatic carbocycles. The van der Waals surface area contributed by atoms with Crippen molar-refractivity contribution in [2.45, 2.75) is 31.4 Å². The van der Waals surface area contributed by atoms with Gasteiger partial charge in [0.25, 0.3) is 0 Å². The molecule has 0 N–H and O–H groups in total. The lowest BCUT2D eigenvalue weighted by Crippen LogP contribution is -2.49. The third-order valence-corrected chi connectivity index (χ3v) is 4.41. The second kappa shape index (κ2) is 5.83. The first kappa shape index (κ1) is 13.4. The molecule has 3 rings (SSSR count). The van der Waals surface area contributed by atoms with Gasteiger partial charge in [0.15, 0.2) is 0 Å². The molecule has 2 aliphatic rings. The molecule has 20 heavy (non-hydrogen) atoms. The highest BCUT2D eigenvalue weighted by atomic mass is 16.6. The molecule has 0 saturated carbocycles. The van der Waals surface area contributed by atoms with Crippen LogP contribution < -0.4 is 0 Å². The van der Waals surface area contributed by atoms with Crippen molar-refractivity contribution in [1.82, 2.24) is 9.80 Å². The zero-order valence-corrected chi connectivity index (χ0v) is 12.0. The van der Waals surface area contributed by atoms with Gasteiger partial charge in [0.05, 0.1) is 0 Å². The molecule has 0 radical (unpaired) electrons. The first-order valence-electron chi connectivity index (χ1n) is 7.45. The Morgan fingerprint density at radius 3 is 2.40 bits per heavy atom. The van der Waals surface area contributed by atoms with Crippen LogP contribution in [0.1, 0.15) is 30.9 Å². The summed E-state index contributed by atoms with van der Waals surface area (Å²) >= 11 is 0. The predicted molar refractivity (Wildman–Crippen MR) is 77.5 cm³/mol. The van der Waals surface area contributed by atoms with Gasteiger partial charge in [0, 0.05) is 19.0 Å². The van der Waals surface area contributed by atoms with Gasteiger partial charge in [-0.1, -0.05) is 30.3 Å². The summed E-state index contributed by atoms with van der Waals surface area (Å²) in [6.45, 7) is 2.94. The Labute approximate surface area is 120 Å². The maximum absolute atomic E-state index is 12.2. The first-order chi connectivity index (χ1) is 9.74. The minimum Gasteiger partial charge on any atom is -0.441 e. The number of benzene rings is 1. The van der Waals surface area contributed by atoms with Crippen LogP contribution in [0.25, 0.3) is 0 Å². The normalized spacial score (nSPS) is 25.6. The van der Waals surface area contributed by atoms with E-state index in [-0.39, 0.29) is 12.2 Å². The molecule has 0 bridgehead atoms. The van der Waals surface area contributed by atoms with E-state index >= 15 is 0 Å². The smallest absolute Gasteiger partial charge is 0.410 e. The highest BCUT2D eigenvalue weighted by Gasteiger charge is 2.33. The lowest BCUT2D eigenvalue weighted by Gasteiger charge is -2.40. The number of hydrogen-bond acceptors (Lipinski definition) is 3. The SMILES string of the molecule is CN1CCC(N2CCC(c3ccccc3)OC2=O)CC1. The molecule has 4 heteroatoms. The summed E-state index contributed by atoms with van der Waals surface area (Å²) < 4.78 is 5.64. The lowest BCUT2D eigenvalue weighted by molar-refractivity contribution is 0.000907. The maximum atomic E-state index is 12.2. The highest BCUT2D eigenvalue weighted by Crippen LogP contribution is 2.29. The van der Waals surface area contributed by atoms with E-state index in [0.29, 0.717) is 6.04 Å². The maximum Gasteiger partial charge on any atom is 0.410 e. The Kier molecular flexibility index (Phi) is 3.92. The summed E-state index contributed by atoms with van der Waals surface area (Å²) in [6, 6.07) is 10.4. The summed E-state index contributed by atoms with van der Waals surface area (Å²) in [5.74, 6) is 0. The van der Waals surface area contributed by atoms with E-state index in [1.807, 2.05) is 35.2 Å². The zero-order valence-electron chi connectivity index (χ0n) is 12.0. The molecule has 1 aromatic rings. The van der Waals surface area contributed by atoms with Crippen molar-refractivity contribution in [3.8, 4) is 0 Å². The number of nitrogens with zero attached hydrogens (tertiary/aromatic N) is 2. The Hall–Kier alpha value is -1.55. The fourth-order valence-electron chi connectivity index (χ4n) is 3.14. The molecule has 0 aromatic heterocycles. The second-order valence-electron chi connectivity index (χ2n) is 5.80. The van der Waals surface area contributed by atoms with Gasteiger partial charge in [-0.15, -0.1) is 0 Å². The standard InChI is InChI=1S/C16H22N2O2/c1-17-10-7-14(8-11-17)18-12-9-15(20-16(18)19)13-5-3-2-4-6-13/h2-6,14-15H,7-12H2,1H3. The number of rotatable bonds is 2. The third kappa shape index (κ3) is 2.80. The predicted octanol–water partition coefficient (Wildman–Crippen LogP) is 2.66. The van der Waals surface area contributed by atoms with Gasteiger partial charge < -0.3 is 14.5 Å². The van der Waals surface area contributed by atoms with E-state index in [9.17, 15) is 4.79 Å². The van der Waals surface area contributed by atoms with Gasteiger partial charge in [-0.05, 0) is 38.5 Å². The molecule has 1 unspecified atom stereocenters. The van der Waals surface area contributed by atoms with Crippen LogP contribution in [0.3, 0.4) is 0 Å². The molecule has 2 heterocycles. The molecule has 1 atom stereocenters. The number of piperidine rings is 1. The van der Waals surface area contributed by atoms with Crippen LogP contribution in [-0.4, -0.2) is 48.6 Å². The van der Waals surface area contributed by atoms with E-state index in [0.717, 1.165) is 44.5 Å². The lowest BCUT2D eigenvalue weighted by atomic mass is 10.0. The van der Waals surface area contributed by atoms with E-state index in [1.165, 1.54) is 0 Å². The number of likely N-dealkylation sites (tertiary alicyclic amines) is 1. The molecule has 108 valence electrons. The summed E-state index contributed by atoms with van der Waals surface area (Å²) in [5, 5.41) is 0. The van der Waals surface area contributed by atoms with Crippen molar-refractivity contribution in [2.75, 3.05) is 26.7 Å². The second-order valence-corrected chi connectivity index (χ2v) is 5.80. The number of cyclic esters (lactones) is 1. The van der Waals surface area contributed by atoms with E-state index in [4.69, 9.17) is 4.74 Å². The van der Waals surface area contributed by atoms with Crippen molar-refractivity contribution >= 4 is 6.09 Å². The molecule has 2 aliphatic heterocycles. The van der Waals surface area contributed by atoms with Crippen molar-refractivity contribution in [2.24, 2.45) is 0 Å². The third-order valence-electron chi connectivity index (χ3n) is 4.41. The zero-order chi connectivity index (χ0) is 13.9. The minimum absolute atomic E-state index is 0.0776. The summed E-state index contributed by atoms with van der Waals surface area (Å²) in [7, 11) is 2.14. The average molecular weight is 274 g/mol. The van der Waals surface area contributed by atoms with Crippen molar-refractivity contribution < 1.29 is 9.53 Å². The summed E-state index contributed by atoms with van der Waals surface area (Å²) in [6.07, 6.45) is 2.79. The minimum atomic E-state index is -0.139. The van der Waals surface area contributed by atoms with Gasteiger partial charge >= 0.3 is 6.09 Å². The Bertz CT molecular complexity index is 455.